The fraction of sp³-hybridized carbons (Fsp3) is 0.273. The van der Waals surface area contributed by atoms with Crippen LogP contribution in [0.4, 0.5) is 0 Å². The summed E-state index contributed by atoms with van der Waals surface area (Å²) < 4.78 is 0. The molecule has 17 heavy (non-hydrogen) atoms. The van der Waals surface area contributed by atoms with Crippen molar-refractivity contribution < 1.29 is 9.90 Å². The number of hydrogen-bond donors (Lipinski definition) is 2. The smallest absolute Gasteiger partial charge is 0.256 e. The summed E-state index contributed by atoms with van der Waals surface area (Å²) in [6.07, 6.45) is 0.178. The molecule has 90 valence electrons. The van der Waals surface area contributed by atoms with Gasteiger partial charge in [-0.15, -0.1) is 0 Å². The SMILES string of the molecule is C[C@H](CC#N)NC(=O)c1c(O)cc(Cl)cc1Cl. The Morgan fingerprint density at radius 2 is 2.24 bits per heavy atom. The number of rotatable bonds is 3. The molecule has 1 aromatic rings. The summed E-state index contributed by atoms with van der Waals surface area (Å²) >= 11 is 11.5. The zero-order valence-electron chi connectivity index (χ0n) is 9.00. The van der Waals surface area contributed by atoms with Crippen molar-refractivity contribution in [2.24, 2.45) is 0 Å². The van der Waals surface area contributed by atoms with Gasteiger partial charge in [0.15, 0.2) is 0 Å². The van der Waals surface area contributed by atoms with Crippen LogP contribution in [0.2, 0.25) is 10.0 Å². The zero-order chi connectivity index (χ0) is 13.0. The topological polar surface area (TPSA) is 73.1 Å². The number of halogens is 2. The standard InChI is InChI=1S/C11H10Cl2N2O2/c1-6(2-3-14)15-11(17)10-8(13)4-7(12)5-9(10)16/h4-6,16H,2H2,1H3,(H,15,17)/t6-/m1/s1. The molecule has 1 aromatic carbocycles. The predicted octanol–water partition coefficient (Wildman–Crippen LogP) is 2.73. The number of benzene rings is 1. The lowest BCUT2D eigenvalue weighted by molar-refractivity contribution is 0.0938. The average molecular weight is 273 g/mol. The molecule has 0 saturated carbocycles. The van der Waals surface area contributed by atoms with Crippen molar-refractivity contribution in [3.63, 3.8) is 0 Å². The summed E-state index contributed by atoms with van der Waals surface area (Å²) in [6, 6.07) is 4.21. The van der Waals surface area contributed by atoms with E-state index in [1.54, 1.807) is 6.92 Å². The van der Waals surface area contributed by atoms with Gasteiger partial charge in [0, 0.05) is 11.1 Å². The van der Waals surface area contributed by atoms with Crippen molar-refractivity contribution in [2.45, 2.75) is 19.4 Å². The predicted molar refractivity (Wildman–Crippen MR) is 65.3 cm³/mol. The van der Waals surface area contributed by atoms with Crippen LogP contribution in [-0.4, -0.2) is 17.1 Å². The van der Waals surface area contributed by atoms with Crippen LogP contribution in [0.15, 0.2) is 12.1 Å². The van der Waals surface area contributed by atoms with Crippen molar-refractivity contribution in [2.75, 3.05) is 0 Å². The van der Waals surface area contributed by atoms with Gasteiger partial charge in [-0.3, -0.25) is 4.79 Å². The second-order valence-corrected chi connectivity index (χ2v) is 4.36. The van der Waals surface area contributed by atoms with Crippen molar-refractivity contribution in [3.8, 4) is 11.8 Å². The molecule has 0 fully saturated rings. The van der Waals surface area contributed by atoms with Gasteiger partial charge in [0.05, 0.1) is 23.1 Å². The van der Waals surface area contributed by atoms with E-state index in [1.807, 2.05) is 6.07 Å². The summed E-state index contributed by atoms with van der Waals surface area (Å²) in [7, 11) is 0. The number of nitrogens with one attached hydrogen (secondary N) is 1. The normalized spacial score (nSPS) is 11.6. The van der Waals surface area contributed by atoms with Crippen LogP contribution >= 0.6 is 23.2 Å². The van der Waals surface area contributed by atoms with Crippen LogP contribution < -0.4 is 5.32 Å². The average Bonchev–Trinajstić information content (AvgIpc) is 2.15. The minimum absolute atomic E-state index is 0.0409. The molecule has 1 rings (SSSR count). The third kappa shape index (κ3) is 3.52. The molecule has 0 aliphatic heterocycles. The van der Waals surface area contributed by atoms with E-state index in [1.165, 1.54) is 12.1 Å². The molecule has 0 saturated heterocycles. The minimum atomic E-state index is -0.535. The summed E-state index contributed by atoms with van der Waals surface area (Å²) in [6.45, 7) is 1.68. The summed E-state index contributed by atoms with van der Waals surface area (Å²) in [4.78, 5) is 11.8. The molecule has 4 nitrogen and oxygen atoms in total. The van der Waals surface area contributed by atoms with Gasteiger partial charge in [-0.05, 0) is 19.1 Å². The maximum absolute atomic E-state index is 11.8. The molecular formula is C11H10Cl2N2O2. The molecule has 0 aliphatic rings. The van der Waals surface area contributed by atoms with Crippen LogP contribution in [0.5, 0.6) is 5.75 Å². The van der Waals surface area contributed by atoms with Crippen LogP contribution in [0.1, 0.15) is 23.7 Å². The molecule has 1 amide bonds. The molecule has 0 heterocycles. The molecule has 2 N–H and O–H groups in total. The molecule has 0 unspecified atom stereocenters. The zero-order valence-corrected chi connectivity index (χ0v) is 10.5. The Morgan fingerprint density at radius 3 is 2.76 bits per heavy atom. The van der Waals surface area contributed by atoms with Crippen molar-refractivity contribution in [1.82, 2.24) is 5.32 Å². The van der Waals surface area contributed by atoms with Crippen LogP contribution in [-0.2, 0) is 0 Å². The highest BCUT2D eigenvalue weighted by Gasteiger charge is 2.18. The second-order valence-electron chi connectivity index (χ2n) is 3.52. The lowest BCUT2D eigenvalue weighted by atomic mass is 10.1. The van der Waals surface area contributed by atoms with Gasteiger partial charge in [-0.2, -0.15) is 5.26 Å². The molecule has 1 atom stereocenters. The first-order chi connectivity index (χ1) is 7.95. The summed E-state index contributed by atoms with van der Waals surface area (Å²) in [5.41, 5.74) is -0.0409. The Labute approximate surface area is 109 Å². The van der Waals surface area contributed by atoms with E-state index in [9.17, 15) is 9.90 Å². The van der Waals surface area contributed by atoms with Gasteiger partial charge in [0.25, 0.3) is 5.91 Å². The molecule has 0 spiro atoms. The maximum Gasteiger partial charge on any atom is 0.256 e. The Balaban J connectivity index is 2.94. The lowest BCUT2D eigenvalue weighted by Gasteiger charge is -2.12. The van der Waals surface area contributed by atoms with Crippen molar-refractivity contribution >= 4 is 29.1 Å². The third-order valence-electron chi connectivity index (χ3n) is 2.04. The summed E-state index contributed by atoms with van der Waals surface area (Å²) in [5.74, 6) is -0.823. The first-order valence-electron chi connectivity index (χ1n) is 4.81. The van der Waals surface area contributed by atoms with E-state index < -0.39 is 5.91 Å². The number of carbonyl (C=O) groups is 1. The Bertz CT molecular complexity index is 460. The number of amides is 1. The van der Waals surface area contributed by atoms with Gasteiger partial charge < -0.3 is 10.4 Å². The molecule has 0 radical (unpaired) electrons. The van der Waals surface area contributed by atoms with Gasteiger partial charge in [-0.25, -0.2) is 0 Å². The first kappa shape index (κ1) is 13.6. The number of nitrogens with zero attached hydrogens (tertiary/aromatic N) is 1. The molecule has 0 aliphatic carbocycles. The van der Waals surface area contributed by atoms with Crippen LogP contribution in [0.25, 0.3) is 0 Å². The minimum Gasteiger partial charge on any atom is -0.507 e. The maximum atomic E-state index is 11.8. The third-order valence-corrected chi connectivity index (χ3v) is 2.55. The number of nitriles is 1. The van der Waals surface area contributed by atoms with E-state index in [0.29, 0.717) is 0 Å². The number of phenols is 1. The van der Waals surface area contributed by atoms with Gasteiger partial charge in [-0.1, -0.05) is 23.2 Å². The first-order valence-corrected chi connectivity index (χ1v) is 5.57. The number of hydrogen-bond acceptors (Lipinski definition) is 3. The van der Waals surface area contributed by atoms with E-state index in [-0.39, 0.29) is 33.8 Å². The molecule has 0 bridgehead atoms. The van der Waals surface area contributed by atoms with Crippen LogP contribution in [0.3, 0.4) is 0 Å². The van der Waals surface area contributed by atoms with Crippen LogP contribution in [0, 0.1) is 11.3 Å². The number of phenolic OH excluding ortho intramolecular Hbond substituents is 1. The number of aromatic hydroxyl groups is 1. The molecule has 6 heteroatoms. The van der Waals surface area contributed by atoms with E-state index in [4.69, 9.17) is 28.5 Å². The highest BCUT2D eigenvalue weighted by atomic mass is 35.5. The highest BCUT2D eigenvalue weighted by molar-refractivity contribution is 6.37. The van der Waals surface area contributed by atoms with Crippen molar-refractivity contribution in [3.05, 3.63) is 27.7 Å². The lowest BCUT2D eigenvalue weighted by Crippen LogP contribution is -2.32. The molecular weight excluding hydrogens is 263 g/mol. The van der Waals surface area contributed by atoms with E-state index in [2.05, 4.69) is 5.32 Å². The Hall–Kier alpha value is -1.44. The van der Waals surface area contributed by atoms with Gasteiger partial charge in [0.2, 0.25) is 0 Å². The summed E-state index contributed by atoms with van der Waals surface area (Å²) in [5, 5.41) is 20.9. The van der Waals surface area contributed by atoms with E-state index in [0.717, 1.165) is 0 Å². The molecule has 0 aromatic heterocycles. The Kier molecular flexibility index (Phi) is 4.62. The largest absolute Gasteiger partial charge is 0.507 e. The quantitative estimate of drug-likeness (QED) is 0.889. The fourth-order valence-corrected chi connectivity index (χ4v) is 1.84. The van der Waals surface area contributed by atoms with Gasteiger partial charge in [0.1, 0.15) is 5.75 Å². The van der Waals surface area contributed by atoms with Gasteiger partial charge >= 0.3 is 0 Å². The highest BCUT2D eigenvalue weighted by Crippen LogP contribution is 2.29. The fourth-order valence-electron chi connectivity index (χ4n) is 1.27. The van der Waals surface area contributed by atoms with Crippen molar-refractivity contribution in [1.29, 1.82) is 5.26 Å². The monoisotopic (exact) mass is 272 g/mol. The Morgan fingerprint density at radius 1 is 1.59 bits per heavy atom. The number of carbonyl (C=O) groups excluding carboxylic acids is 1. The van der Waals surface area contributed by atoms with E-state index >= 15 is 0 Å². The second kappa shape index (κ2) is 5.76.